The van der Waals surface area contributed by atoms with Crippen LogP contribution in [0, 0.1) is 47.3 Å². The zero-order valence-electron chi connectivity index (χ0n) is 31.6. The maximum Gasteiger partial charge on any atom is 0.214 e. The zero-order valence-corrected chi connectivity index (χ0v) is 35.9. The number of nitrogens with one attached hydrogen (secondary N) is 8. The minimum atomic E-state index is -5.15. The number of hydrogen-bond acceptors (Lipinski definition) is 16. The normalized spacial score (nSPS) is 50.2. The summed E-state index contributed by atoms with van der Waals surface area (Å²) in [4.78, 5) is 0. The van der Waals surface area contributed by atoms with Crippen molar-refractivity contribution in [1.82, 2.24) is 42.5 Å². The number of nitrogens with two attached hydrogens (primary N) is 4. The van der Waals surface area contributed by atoms with Crippen LogP contribution in [0.15, 0.2) is 0 Å². The molecule has 16 N–H and O–H groups in total. The van der Waals surface area contributed by atoms with Crippen molar-refractivity contribution >= 4 is 40.1 Å². The van der Waals surface area contributed by atoms with Crippen molar-refractivity contribution in [3.8, 4) is 0 Å². The van der Waals surface area contributed by atoms with E-state index in [2.05, 4.69) is 42.5 Å². The van der Waals surface area contributed by atoms with Crippen molar-refractivity contribution in [3.63, 3.8) is 0 Å². The molecule has 9 rings (SSSR count). The molecule has 8 bridgehead atoms. The summed E-state index contributed by atoms with van der Waals surface area (Å²) in [7, 11) is -20.2. The Bertz CT molecular complexity index is 1850. The van der Waals surface area contributed by atoms with Gasteiger partial charge in [0.15, 0.2) is 0 Å². The van der Waals surface area contributed by atoms with Crippen molar-refractivity contribution in [3.05, 3.63) is 0 Å². The second-order valence-corrected chi connectivity index (χ2v) is 25.2. The standard InChI is InChI=1S/C32H60N12O8S4.Co/c33-53(45,46)21-19-20(22(54(34,47)48)24(56(36,51)52)23(21)55(35,49)50)32-43-30-18-12-6-4-10-16(18)28(41-30)39-26-14-8-2-1-7-13(14)25(37-26)38-27-15-9-3-5-11-17(15)29(40-27)42-31(19)44-32;/h13-32,37-44H,1-12H2,(H2,33,45,46)(H2,34,47,48)(H2,35,49,50)(H2,36,51,52);. The molecule has 329 valence electrons. The first-order valence-electron chi connectivity index (χ1n) is 20.5. The summed E-state index contributed by atoms with van der Waals surface area (Å²) in [6.07, 6.45) is 9.14. The van der Waals surface area contributed by atoms with Crippen LogP contribution >= 0.6 is 0 Å². The molecule has 20 nitrogen and oxygen atoms in total. The van der Waals surface area contributed by atoms with Crippen LogP contribution in [0.2, 0.25) is 0 Å². The quantitative estimate of drug-likeness (QED) is 0.127. The van der Waals surface area contributed by atoms with Crippen LogP contribution in [0.1, 0.15) is 77.0 Å². The van der Waals surface area contributed by atoms with Gasteiger partial charge in [0, 0.05) is 28.6 Å². The Morgan fingerprint density at radius 1 is 0.298 bits per heavy atom. The molecule has 5 aliphatic heterocycles. The van der Waals surface area contributed by atoms with Crippen molar-refractivity contribution in [2.75, 3.05) is 0 Å². The van der Waals surface area contributed by atoms with Crippen LogP contribution in [0.3, 0.4) is 0 Å². The first-order valence-corrected chi connectivity index (χ1v) is 26.9. The second kappa shape index (κ2) is 15.6. The van der Waals surface area contributed by atoms with Gasteiger partial charge in [-0.1, -0.05) is 38.5 Å². The average molecular weight is 928 g/mol. The van der Waals surface area contributed by atoms with Gasteiger partial charge in [0.2, 0.25) is 40.1 Å². The van der Waals surface area contributed by atoms with E-state index in [0.29, 0.717) is 11.8 Å². The minimum Gasteiger partial charge on any atom is -0.286 e. The van der Waals surface area contributed by atoms with Gasteiger partial charge in [-0.25, -0.2) is 54.2 Å². The van der Waals surface area contributed by atoms with Gasteiger partial charge in [-0.2, -0.15) is 0 Å². The molecule has 5 saturated heterocycles. The van der Waals surface area contributed by atoms with E-state index in [1.807, 2.05) is 0 Å². The topological polar surface area (TPSA) is 337 Å². The summed E-state index contributed by atoms with van der Waals surface area (Å²) >= 11 is 0. The molecule has 4 saturated carbocycles. The fourth-order valence-corrected chi connectivity index (χ4v) is 21.4. The molecule has 25 heteroatoms. The molecule has 0 spiro atoms. The van der Waals surface area contributed by atoms with E-state index in [-0.39, 0.29) is 65.1 Å². The molecule has 1 radical (unpaired) electrons. The van der Waals surface area contributed by atoms with Crippen LogP contribution < -0.4 is 63.1 Å². The molecule has 0 aromatic carbocycles. The molecule has 4 aliphatic carbocycles. The predicted octanol–water partition coefficient (Wildman–Crippen LogP) is -4.33. The Morgan fingerprint density at radius 2 is 0.474 bits per heavy atom. The molecular formula is C32H60CoN12O8S4. The minimum absolute atomic E-state index is 0. The molecule has 5 heterocycles. The van der Waals surface area contributed by atoms with E-state index in [1.165, 1.54) is 12.8 Å². The van der Waals surface area contributed by atoms with Crippen molar-refractivity contribution in [2.24, 2.45) is 67.9 Å². The number of sulfonamides is 4. The van der Waals surface area contributed by atoms with Gasteiger partial charge in [0.1, 0.15) is 21.0 Å². The maximum atomic E-state index is 13.8. The van der Waals surface area contributed by atoms with Crippen LogP contribution in [0.25, 0.3) is 0 Å². The largest absolute Gasteiger partial charge is 0.286 e. The molecule has 0 aromatic rings. The van der Waals surface area contributed by atoms with E-state index in [0.717, 1.165) is 64.2 Å². The maximum absolute atomic E-state index is 13.8. The van der Waals surface area contributed by atoms with Gasteiger partial charge < -0.3 is 0 Å². The Balaban J connectivity index is 0.00000455. The summed E-state index contributed by atoms with van der Waals surface area (Å²) in [5.41, 5.74) is 0. The van der Waals surface area contributed by atoms with E-state index >= 15 is 0 Å². The summed E-state index contributed by atoms with van der Waals surface area (Å²) < 4.78 is 109. The van der Waals surface area contributed by atoms with E-state index in [1.54, 1.807) is 0 Å². The number of primary sulfonamides is 4. The summed E-state index contributed by atoms with van der Waals surface area (Å²) in [6.45, 7) is 0. The van der Waals surface area contributed by atoms with Crippen LogP contribution in [-0.2, 0) is 56.9 Å². The monoisotopic (exact) mass is 927 g/mol. The number of rotatable bonds is 4. The van der Waals surface area contributed by atoms with Crippen molar-refractivity contribution in [2.45, 2.75) is 147 Å². The molecule has 57 heavy (non-hydrogen) atoms. The Morgan fingerprint density at radius 3 is 0.667 bits per heavy atom. The first kappa shape index (κ1) is 43.5. The zero-order chi connectivity index (χ0) is 39.7. The van der Waals surface area contributed by atoms with Gasteiger partial charge in [-0.15, -0.1) is 0 Å². The van der Waals surface area contributed by atoms with Crippen LogP contribution in [0.5, 0.6) is 0 Å². The first-order chi connectivity index (χ1) is 26.3. The van der Waals surface area contributed by atoms with Gasteiger partial charge in [0.05, 0.1) is 49.3 Å². The van der Waals surface area contributed by atoms with Crippen molar-refractivity contribution < 1.29 is 50.4 Å². The third-order valence-electron chi connectivity index (χ3n) is 15.5. The SMILES string of the molecule is NS(=O)(=O)C1C2C3NC4NC(NC5NC(NC6NC(NC(N3)C2C(S(N)(=O)=O)C(S(N)(=O)=O)C1S(N)(=O)=O)C1CCCCC61)C1CCCCC51)C1CCCCC41.[Co]. The van der Waals surface area contributed by atoms with Gasteiger partial charge >= 0.3 is 0 Å². The molecule has 20 unspecified atom stereocenters. The predicted molar refractivity (Wildman–Crippen MR) is 206 cm³/mol. The Hall–Kier alpha value is -0.174. The van der Waals surface area contributed by atoms with E-state index in [9.17, 15) is 33.7 Å². The fourth-order valence-electron chi connectivity index (χ4n) is 13.5. The molecular weight excluding hydrogens is 868 g/mol. The fraction of sp³-hybridized carbons (Fsp3) is 1.00. The summed E-state index contributed by atoms with van der Waals surface area (Å²) in [6, 6.07) is 0. The summed E-state index contributed by atoms with van der Waals surface area (Å²) in [5, 5.41) is 43.8. The van der Waals surface area contributed by atoms with Crippen LogP contribution in [-0.4, -0.2) is 104 Å². The van der Waals surface area contributed by atoms with Crippen LogP contribution in [0.4, 0.5) is 0 Å². The molecule has 0 aromatic heterocycles. The molecule has 20 atom stereocenters. The smallest absolute Gasteiger partial charge is 0.214 e. The number of fused-ring (bicyclic) bond motifs is 20. The molecule has 9 fully saturated rings. The number of hydrogen-bond donors (Lipinski definition) is 12. The van der Waals surface area contributed by atoms with Gasteiger partial charge in [-0.05, 0) is 74.0 Å². The average Bonchev–Trinajstić information content (AvgIpc) is 3.84. The van der Waals surface area contributed by atoms with E-state index in [4.69, 9.17) is 20.6 Å². The summed E-state index contributed by atoms with van der Waals surface area (Å²) in [5.74, 6) is -1.42. The van der Waals surface area contributed by atoms with Crippen molar-refractivity contribution in [1.29, 1.82) is 0 Å². The van der Waals surface area contributed by atoms with Gasteiger partial charge in [0.25, 0.3) is 0 Å². The third-order valence-corrected chi connectivity index (χ3v) is 21.5. The van der Waals surface area contributed by atoms with Gasteiger partial charge in [-0.3, -0.25) is 42.5 Å². The van der Waals surface area contributed by atoms with E-state index < -0.39 is 97.6 Å². The third kappa shape index (κ3) is 7.71. The Labute approximate surface area is 346 Å². The Kier molecular flexibility index (Phi) is 11.9. The molecule has 9 aliphatic rings. The second-order valence-electron chi connectivity index (χ2n) is 18.4. The molecule has 0 amide bonds.